The zero-order valence-corrected chi connectivity index (χ0v) is 27.4. The van der Waals surface area contributed by atoms with Crippen molar-refractivity contribution >= 4 is 58.5 Å². The van der Waals surface area contributed by atoms with Crippen LogP contribution in [-0.4, -0.2) is 104 Å². The Bertz CT molecular complexity index is 1790. The number of methoxy groups -OCH3 is 1. The topological polar surface area (TPSA) is 224 Å². The molecule has 49 heavy (non-hydrogen) atoms. The maximum atomic E-state index is 15.5. The van der Waals surface area contributed by atoms with Crippen LogP contribution >= 0.6 is 23.5 Å². The molecule has 7 rings (SSSR count). The number of nitrogens with two attached hydrogens (primary N) is 1. The van der Waals surface area contributed by atoms with Gasteiger partial charge in [0.15, 0.2) is 9.80 Å². The molecule has 2 aromatic rings. The van der Waals surface area contributed by atoms with Crippen LogP contribution in [0, 0.1) is 26.1 Å². The Morgan fingerprint density at radius 2 is 1.49 bits per heavy atom. The molecule has 4 atom stereocenters. The Hall–Kier alpha value is -4.56. The van der Waals surface area contributed by atoms with E-state index in [-0.39, 0.29) is 54.4 Å². The molecule has 1 aliphatic carbocycles. The van der Waals surface area contributed by atoms with Gasteiger partial charge in [0.25, 0.3) is 17.2 Å². The highest BCUT2D eigenvalue weighted by molar-refractivity contribution is 8.19. The fourth-order valence-corrected chi connectivity index (χ4v) is 10.5. The van der Waals surface area contributed by atoms with E-state index in [1.807, 2.05) is 0 Å². The van der Waals surface area contributed by atoms with Gasteiger partial charge in [0, 0.05) is 60.2 Å². The molecular formula is C30H27N5O12S2. The molecule has 3 fully saturated rings. The smallest absolute Gasteiger partial charge is 0.404 e. The minimum absolute atomic E-state index is 0.0471. The molecule has 4 heterocycles. The molecule has 4 aliphatic heterocycles. The van der Waals surface area contributed by atoms with Crippen LogP contribution in [0.5, 0.6) is 0 Å². The van der Waals surface area contributed by atoms with E-state index in [1.54, 1.807) is 9.80 Å². The maximum Gasteiger partial charge on any atom is 0.404 e. The molecule has 2 aromatic carbocycles. The van der Waals surface area contributed by atoms with Gasteiger partial charge >= 0.3 is 6.09 Å². The van der Waals surface area contributed by atoms with E-state index < -0.39 is 61.7 Å². The molecule has 1 spiro atoms. The van der Waals surface area contributed by atoms with Crippen LogP contribution in [0.25, 0.3) is 0 Å². The van der Waals surface area contributed by atoms with Crippen molar-refractivity contribution in [2.45, 2.75) is 44.4 Å². The lowest BCUT2D eigenvalue weighted by Crippen LogP contribution is -2.65. The molecule has 0 bridgehead atoms. The number of ether oxygens (including phenoxy) is 4. The Balaban J connectivity index is 1.43. The highest BCUT2D eigenvalue weighted by Gasteiger charge is 2.81. The largest absolute Gasteiger partial charge is 0.449 e. The number of benzene rings is 2. The lowest BCUT2D eigenvalue weighted by Gasteiger charge is -2.46. The molecular weight excluding hydrogens is 686 g/mol. The molecule has 0 saturated carbocycles. The van der Waals surface area contributed by atoms with Gasteiger partial charge in [-0.1, -0.05) is 23.5 Å². The molecule has 19 heteroatoms. The summed E-state index contributed by atoms with van der Waals surface area (Å²) in [4.78, 5) is 80.7. The third-order valence-electron chi connectivity index (χ3n) is 9.41. The number of amides is 2. The first-order valence-corrected chi connectivity index (χ1v) is 16.5. The first-order valence-electron chi connectivity index (χ1n) is 14.9. The number of non-ortho nitro benzene ring substituents is 2. The number of fused-ring (bicyclic) bond motifs is 4. The van der Waals surface area contributed by atoms with Crippen molar-refractivity contribution in [3.05, 3.63) is 80.0 Å². The summed E-state index contributed by atoms with van der Waals surface area (Å²) < 4.78 is 21.7. The summed E-state index contributed by atoms with van der Waals surface area (Å²) in [6, 6.07) is 9.74. The minimum atomic E-state index is -2.30. The molecule has 3 saturated heterocycles. The molecule has 2 N–H and O–H groups in total. The number of piperazine rings is 1. The molecule has 5 aliphatic rings. The van der Waals surface area contributed by atoms with E-state index in [1.165, 1.54) is 62.6 Å². The predicted molar refractivity (Wildman–Crippen MR) is 168 cm³/mol. The van der Waals surface area contributed by atoms with E-state index in [2.05, 4.69) is 0 Å². The molecule has 0 radical (unpaired) electrons. The van der Waals surface area contributed by atoms with Crippen molar-refractivity contribution in [3.8, 4) is 0 Å². The Morgan fingerprint density at radius 3 is 1.94 bits per heavy atom. The van der Waals surface area contributed by atoms with Crippen LogP contribution in [0.2, 0.25) is 0 Å². The fraction of sp³-hybridized carbons (Fsp3) is 0.400. The summed E-state index contributed by atoms with van der Waals surface area (Å²) in [5.74, 6) is -5.05. The van der Waals surface area contributed by atoms with E-state index in [0.717, 1.165) is 23.5 Å². The summed E-state index contributed by atoms with van der Waals surface area (Å²) in [7, 11) is 1.37. The van der Waals surface area contributed by atoms with E-state index in [9.17, 15) is 29.8 Å². The number of hydrogen-bond donors (Lipinski definition) is 1. The number of nitrogens with zero attached hydrogens (tertiary/aromatic N) is 4. The number of nitro benzene ring substituents is 2. The van der Waals surface area contributed by atoms with Crippen molar-refractivity contribution in [2.75, 3.05) is 33.5 Å². The molecule has 17 nitrogen and oxygen atoms in total. The van der Waals surface area contributed by atoms with Crippen LogP contribution in [-0.2, 0) is 33.3 Å². The molecule has 256 valence electrons. The second-order valence-electron chi connectivity index (χ2n) is 11.7. The second-order valence-corrected chi connectivity index (χ2v) is 14.6. The third kappa shape index (κ3) is 4.59. The summed E-state index contributed by atoms with van der Waals surface area (Å²) in [6.07, 6.45) is -1.13. The van der Waals surface area contributed by atoms with Crippen LogP contribution in [0.3, 0.4) is 0 Å². The number of rotatable bonds is 9. The summed E-state index contributed by atoms with van der Waals surface area (Å²) >= 11 is 1.77. The van der Waals surface area contributed by atoms with Gasteiger partial charge in [-0.15, -0.1) is 0 Å². The average molecular weight is 714 g/mol. The normalized spacial score (nSPS) is 27.2. The quantitative estimate of drug-likeness (QED) is 0.170. The maximum absolute atomic E-state index is 15.5. The van der Waals surface area contributed by atoms with Gasteiger partial charge in [0.1, 0.15) is 12.6 Å². The van der Waals surface area contributed by atoms with Gasteiger partial charge in [-0.3, -0.25) is 34.6 Å². The average Bonchev–Trinajstić information content (AvgIpc) is 3.34. The number of Topliss-reactive ketones (excluding diaryl/α,β-unsaturated/α-hetero) is 2. The van der Waals surface area contributed by atoms with E-state index in [4.69, 9.17) is 24.7 Å². The Labute approximate surface area is 285 Å². The number of carbonyl (C=O) groups excluding carboxylic acids is 4. The third-order valence-corrected chi connectivity index (χ3v) is 12.4. The Kier molecular flexibility index (Phi) is 7.74. The number of carbonyl (C=O) groups is 4. The number of ketones is 2. The minimum Gasteiger partial charge on any atom is -0.449 e. The SMILES string of the molecule is CO[C@@]12[C@H](COC(N)=O)C3=C(C(=O)C(Sc4ccc([N+](=O)[O-])cc4)(Sc4ccc([N+](=O)[O-])cc4)C4(OCCO4)C3=O)N1C[C@H]1[C@@H]2N1C(C)=O. The molecule has 2 amide bonds. The first kappa shape index (κ1) is 33.0. The number of thioether (sulfide) groups is 2. The van der Waals surface area contributed by atoms with Crippen LogP contribution in [0.15, 0.2) is 69.6 Å². The van der Waals surface area contributed by atoms with E-state index >= 15 is 9.59 Å². The lowest BCUT2D eigenvalue weighted by atomic mass is 9.79. The van der Waals surface area contributed by atoms with Crippen molar-refractivity contribution in [1.82, 2.24) is 9.80 Å². The number of hydrogen-bond acceptors (Lipinski definition) is 15. The van der Waals surface area contributed by atoms with Gasteiger partial charge in [0.05, 0.1) is 40.7 Å². The summed E-state index contributed by atoms with van der Waals surface area (Å²) in [5, 5.41) is 22.8. The number of nitro groups is 2. The number of primary amides is 1. The lowest BCUT2D eigenvalue weighted by molar-refractivity contribution is -0.385. The van der Waals surface area contributed by atoms with Gasteiger partial charge in [-0.05, 0) is 24.3 Å². The molecule has 0 unspecified atom stereocenters. The molecule has 0 aromatic heterocycles. The van der Waals surface area contributed by atoms with Gasteiger partial charge in [-0.25, -0.2) is 4.79 Å². The van der Waals surface area contributed by atoms with Crippen molar-refractivity contribution in [2.24, 2.45) is 11.7 Å². The van der Waals surface area contributed by atoms with Crippen molar-refractivity contribution in [1.29, 1.82) is 0 Å². The fourth-order valence-electron chi connectivity index (χ4n) is 7.51. The van der Waals surface area contributed by atoms with Crippen LogP contribution in [0.1, 0.15) is 6.92 Å². The van der Waals surface area contributed by atoms with Crippen molar-refractivity contribution < 1.29 is 48.0 Å². The van der Waals surface area contributed by atoms with Crippen molar-refractivity contribution in [3.63, 3.8) is 0 Å². The summed E-state index contributed by atoms with van der Waals surface area (Å²) in [5.41, 5.74) is 3.31. The van der Waals surface area contributed by atoms with Gasteiger partial charge < -0.3 is 34.5 Å². The zero-order chi connectivity index (χ0) is 35.0. The zero-order valence-electron chi connectivity index (χ0n) is 25.8. The van der Waals surface area contributed by atoms with Crippen LogP contribution < -0.4 is 5.73 Å². The highest BCUT2D eigenvalue weighted by Crippen LogP contribution is 2.66. The Morgan fingerprint density at radius 1 is 0.959 bits per heavy atom. The van der Waals surface area contributed by atoms with Crippen LogP contribution in [0.4, 0.5) is 16.2 Å². The summed E-state index contributed by atoms with van der Waals surface area (Å²) in [6.45, 7) is 0.852. The monoisotopic (exact) mass is 713 g/mol. The van der Waals surface area contributed by atoms with Gasteiger partial charge in [-0.2, -0.15) is 0 Å². The predicted octanol–water partition coefficient (Wildman–Crippen LogP) is 2.22. The first-order chi connectivity index (χ1) is 23.3. The van der Waals surface area contributed by atoms with E-state index in [0.29, 0.717) is 9.79 Å². The standard InChI is InChI=1S/C30H27N5O12S2/c1-15(36)33-21-13-32-23-22(20(14-45-27(31)39)28(32,44-2)24(21)33)25(37)29(46-11-12-47-29)30(26(23)38,48-18-7-3-16(4-8-18)34(40)41)49-19-9-5-17(6-10-19)35(42)43/h3-10,20-21,24H,11-14H2,1-2H3,(H2,31,39)/t20-,21+,24+,28-,33?/m1/s1. The second kappa shape index (κ2) is 11.5. The number of allylic oxidation sites excluding steroid dienone is 1. The van der Waals surface area contributed by atoms with Gasteiger partial charge in [0.2, 0.25) is 17.5 Å². The highest BCUT2D eigenvalue weighted by atomic mass is 32.2.